The summed E-state index contributed by atoms with van der Waals surface area (Å²) in [4.78, 5) is 13.4. The van der Waals surface area contributed by atoms with Crippen LogP contribution in [0.25, 0.3) is 0 Å². The Balaban J connectivity index is 1.50. The average molecular weight is 487 g/mol. The lowest BCUT2D eigenvalue weighted by molar-refractivity contribution is -0.126. The molecule has 0 aliphatic carbocycles. The monoisotopic (exact) mass is 486 g/mol. The number of benzene rings is 1. The Labute approximate surface area is 178 Å². The number of amides is 1. The SMILES string of the molecule is Cc1ccc(S(=O)(=O)N2CCC[C@H](C(=O)NCCOc3cccc(Br)c3)C2)s1. The van der Waals surface area contributed by atoms with Crippen LogP contribution in [0.3, 0.4) is 0 Å². The highest BCUT2D eigenvalue weighted by molar-refractivity contribution is 9.10. The van der Waals surface area contributed by atoms with E-state index in [9.17, 15) is 13.2 Å². The molecule has 1 saturated heterocycles. The highest BCUT2D eigenvalue weighted by atomic mass is 79.9. The van der Waals surface area contributed by atoms with E-state index in [1.807, 2.05) is 31.2 Å². The maximum absolute atomic E-state index is 12.8. The van der Waals surface area contributed by atoms with Gasteiger partial charge in [0, 0.05) is 22.4 Å². The van der Waals surface area contributed by atoms with Crippen LogP contribution in [-0.4, -0.2) is 44.9 Å². The molecule has 2 aromatic rings. The average Bonchev–Trinajstić information content (AvgIpc) is 3.12. The number of halogens is 1. The van der Waals surface area contributed by atoms with Crippen LogP contribution in [0.2, 0.25) is 0 Å². The van der Waals surface area contributed by atoms with E-state index in [-0.39, 0.29) is 18.4 Å². The summed E-state index contributed by atoms with van der Waals surface area (Å²) in [6.45, 7) is 3.28. The van der Waals surface area contributed by atoms with Crippen molar-refractivity contribution in [1.82, 2.24) is 9.62 Å². The molecule has 28 heavy (non-hydrogen) atoms. The normalized spacial score (nSPS) is 18.0. The van der Waals surface area contributed by atoms with Gasteiger partial charge in [-0.1, -0.05) is 22.0 Å². The standard InChI is InChI=1S/C19H23BrN2O4S2/c1-14-7-8-18(27-14)28(24,25)22-10-3-4-15(13-22)19(23)21-9-11-26-17-6-2-5-16(20)12-17/h2,5-8,12,15H,3-4,9-11,13H2,1H3,(H,21,23)/t15-/m0/s1. The van der Waals surface area contributed by atoms with Crippen LogP contribution < -0.4 is 10.1 Å². The topological polar surface area (TPSA) is 75.7 Å². The molecule has 0 unspecified atom stereocenters. The number of hydrogen-bond acceptors (Lipinski definition) is 5. The first kappa shape index (κ1) is 21.3. The Bertz CT molecular complexity index is 930. The van der Waals surface area contributed by atoms with Gasteiger partial charge in [-0.05, 0) is 50.1 Å². The lowest BCUT2D eigenvalue weighted by Crippen LogP contribution is -2.45. The molecule has 1 fully saturated rings. The van der Waals surface area contributed by atoms with Crippen molar-refractivity contribution in [1.29, 1.82) is 0 Å². The minimum absolute atomic E-state index is 0.125. The number of sulfonamides is 1. The zero-order chi connectivity index (χ0) is 20.1. The maximum atomic E-state index is 12.8. The van der Waals surface area contributed by atoms with Crippen LogP contribution in [0.1, 0.15) is 17.7 Å². The molecule has 0 spiro atoms. The summed E-state index contributed by atoms with van der Waals surface area (Å²) in [5.74, 6) is 0.264. The predicted molar refractivity (Wildman–Crippen MR) is 113 cm³/mol. The summed E-state index contributed by atoms with van der Waals surface area (Å²) in [5, 5.41) is 2.86. The van der Waals surface area contributed by atoms with Crippen molar-refractivity contribution in [3.05, 3.63) is 45.7 Å². The fourth-order valence-electron chi connectivity index (χ4n) is 3.10. The number of nitrogens with zero attached hydrogens (tertiary/aromatic N) is 1. The molecule has 1 aromatic heterocycles. The number of carbonyl (C=O) groups excluding carboxylic acids is 1. The third-order valence-corrected chi connectivity index (χ3v) is 8.36. The van der Waals surface area contributed by atoms with Crippen molar-refractivity contribution in [2.45, 2.75) is 24.0 Å². The van der Waals surface area contributed by atoms with E-state index in [0.29, 0.717) is 36.7 Å². The largest absolute Gasteiger partial charge is 0.492 e. The summed E-state index contributed by atoms with van der Waals surface area (Å²) in [7, 11) is -3.53. The van der Waals surface area contributed by atoms with E-state index in [1.54, 1.807) is 12.1 Å². The Morgan fingerprint density at radius 1 is 1.36 bits per heavy atom. The summed E-state index contributed by atoms with van der Waals surface area (Å²) in [5.41, 5.74) is 0. The van der Waals surface area contributed by atoms with E-state index in [2.05, 4.69) is 21.2 Å². The van der Waals surface area contributed by atoms with Crippen LogP contribution in [0.4, 0.5) is 0 Å². The molecule has 0 radical (unpaired) electrons. The highest BCUT2D eigenvalue weighted by Gasteiger charge is 2.33. The first-order chi connectivity index (χ1) is 13.4. The molecule has 152 valence electrons. The molecule has 1 aromatic carbocycles. The zero-order valence-corrected chi connectivity index (χ0v) is 18.8. The van der Waals surface area contributed by atoms with E-state index >= 15 is 0 Å². The Kier molecular flexibility index (Phi) is 7.14. The van der Waals surface area contributed by atoms with Crippen LogP contribution in [-0.2, 0) is 14.8 Å². The third-order valence-electron chi connectivity index (χ3n) is 4.53. The maximum Gasteiger partial charge on any atom is 0.252 e. The number of hydrogen-bond donors (Lipinski definition) is 1. The van der Waals surface area contributed by atoms with Gasteiger partial charge in [0.05, 0.1) is 12.5 Å². The van der Waals surface area contributed by atoms with E-state index in [1.165, 1.54) is 15.6 Å². The van der Waals surface area contributed by atoms with Gasteiger partial charge in [0.1, 0.15) is 16.6 Å². The van der Waals surface area contributed by atoms with Crippen molar-refractivity contribution in [2.75, 3.05) is 26.2 Å². The molecular formula is C19H23BrN2O4S2. The second-order valence-corrected chi connectivity index (χ2v) is 11.0. The van der Waals surface area contributed by atoms with Gasteiger partial charge < -0.3 is 10.1 Å². The minimum atomic E-state index is -3.53. The number of aryl methyl sites for hydroxylation is 1. The summed E-state index contributed by atoms with van der Waals surface area (Å²) < 4.78 is 33.9. The molecule has 2 heterocycles. The molecule has 1 N–H and O–H groups in total. The number of thiophene rings is 1. The van der Waals surface area contributed by atoms with Gasteiger partial charge in [-0.2, -0.15) is 4.31 Å². The molecule has 3 rings (SSSR count). The highest BCUT2D eigenvalue weighted by Crippen LogP contribution is 2.28. The number of piperidine rings is 1. The van der Waals surface area contributed by atoms with E-state index in [0.717, 1.165) is 15.1 Å². The summed E-state index contributed by atoms with van der Waals surface area (Å²) >= 11 is 4.65. The fraction of sp³-hybridized carbons (Fsp3) is 0.421. The van der Waals surface area contributed by atoms with Crippen molar-refractivity contribution >= 4 is 43.2 Å². The van der Waals surface area contributed by atoms with Crippen molar-refractivity contribution in [3.63, 3.8) is 0 Å². The lowest BCUT2D eigenvalue weighted by atomic mass is 9.99. The number of carbonyl (C=O) groups is 1. The lowest BCUT2D eigenvalue weighted by Gasteiger charge is -2.30. The predicted octanol–water partition coefficient (Wildman–Crippen LogP) is 3.41. The number of rotatable bonds is 7. The van der Waals surface area contributed by atoms with Gasteiger partial charge in [0.15, 0.2) is 0 Å². The molecule has 1 atom stereocenters. The van der Waals surface area contributed by atoms with Gasteiger partial charge >= 0.3 is 0 Å². The van der Waals surface area contributed by atoms with Gasteiger partial charge in [0.2, 0.25) is 5.91 Å². The first-order valence-corrected chi connectivity index (χ1v) is 12.1. The molecule has 6 nitrogen and oxygen atoms in total. The zero-order valence-electron chi connectivity index (χ0n) is 15.6. The third kappa shape index (κ3) is 5.34. The van der Waals surface area contributed by atoms with E-state index < -0.39 is 10.0 Å². The smallest absolute Gasteiger partial charge is 0.252 e. The molecule has 0 saturated carbocycles. The van der Waals surface area contributed by atoms with Gasteiger partial charge in [-0.3, -0.25) is 4.79 Å². The minimum Gasteiger partial charge on any atom is -0.492 e. The second-order valence-electron chi connectivity index (χ2n) is 6.66. The van der Waals surface area contributed by atoms with Crippen LogP contribution in [0.5, 0.6) is 5.75 Å². The molecular weight excluding hydrogens is 464 g/mol. The van der Waals surface area contributed by atoms with Gasteiger partial charge in [-0.25, -0.2) is 8.42 Å². The first-order valence-electron chi connectivity index (χ1n) is 9.09. The number of ether oxygens (including phenoxy) is 1. The van der Waals surface area contributed by atoms with Crippen molar-refractivity contribution in [3.8, 4) is 5.75 Å². The van der Waals surface area contributed by atoms with Gasteiger partial charge in [-0.15, -0.1) is 11.3 Å². The Morgan fingerprint density at radius 3 is 2.89 bits per heavy atom. The quantitative estimate of drug-likeness (QED) is 0.608. The second kappa shape index (κ2) is 9.39. The molecule has 9 heteroatoms. The summed E-state index contributed by atoms with van der Waals surface area (Å²) in [6, 6.07) is 10.9. The van der Waals surface area contributed by atoms with E-state index in [4.69, 9.17) is 4.74 Å². The molecule has 1 aliphatic rings. The van der Waals surface area contributed by atoms with Crippen LogP contribution in [0.15, 0.2) is 45.1 Å². The van der Waals surface area contributed by atoms with Crippen molar-refractivity contribution in [2.24, 2.45) is 5.92 Å². The fourth-order valence-corrected chi connectivity index (χ4v) is 6.44. The van der Waals surface area contributed by atoms with Gasteiger partial charge in [0.25, 0.3) is 10.0 Å². The Hall–Kier alpha value is -1.42. The van der Waals surface area contributed by atoms with Crippen LogP contribution >= 0.6 is 27.3 Å². The molecule has 1 amide bonds. The van der Waals surface area contributed by atoms with Crippen LogP contribution in [0, 0.1) is 12.8 Å². The molecule has 1 aliphatic heterocycles. The molecule has 0 bridgehead atoms. The Morgan fingerprint density at radius 2 is 2.18 bits per heavy atom. The summed E-state index contributed by atoms with van der Waals surface area (Å²) in [6.07, 6.45) is 1.37. The van der Waals surface area contributed by atoms with Crippen molar-refractivity contribution < 1.29 is 17.9 Å². The number of nitrogens with one attached hydrogen (secondary N) is 1.